The number of aliphatic hydroxyl groups is 1. The summed E-state index contributed by atoms with van der Waals surface area (Å²) in [5, 5.41) is 12.6. The number of benzene rings is 1. The van der Waals surface area contributed by atoms with E-state index in [1.807, 2.05) is 19.1 Å². The van der Waals surface area contributed by atoms with Gasteiger partial charge in [-0.15, -0.1) is 0 Å². The van der Waals surface area contributed by atoms with E-state index in [4.69, 9.17) is 4.74 Å². The SMILES string of the molecule is CCCCNC(=O)C(C)Oc1ccc(C)cc1C(C)O. The predicted molar refractivity (Wildman–Crippen MR) is 79.8 cm³/mol. The maximum Gasteiger partial charge on any atom is 0.260 e. The Labute approximate surface area is 121 Å². The van der Waals surface area contributed by atoms with E-state index in [0.717, 1.165) is 18.4 Å². The molecule has 0 aliphatic heterocycles. The number of hydrogen-bond donors (Lipinski definition) is 2. The molecule has 4 nitrogen and oxygen atoms in total. The molecule has 112 valence electrons. The third-order valence-corrected chi connectivity index (χ3v) is 3.12. The van der Waals surface area contributed by atoms with Gasteiger partial charge < -0.3 is 15.2 Å². The van der Waals surface area contributed by atoms with Crippen molar-refractivity contribution in [1.29, 1.82) is 0 Å². The summed E-state index contributed by atoms with van der Waals surface area (Å²) in [6.07, 6.45) is 0.800. The minimum absolute atomic E-state index is 0.129. The molecule has 0 heterocycles. The van der Waals surface area contributed by atoms with Crippen molar-refractivity contribution >= 4 is 5.91 Å². The van der Waals surface area contributed by atoms with Crippen LogP contribution in [0.3, 0.4) is 0 Å². The molecule has 0 aromatic heterocycles. The van der Waals surface area contributed by atoms with E-state index in [-0.39, 0.29) is 5.91 Å². The van der Waals surface area contributed by atoms with Crippen LogP contribution in [-0.4, -0.2) is 23.7 Å². The molecule has 1 amide bonds. The van der Waals surface area contributed by atoms with Crippen LogP contribution in [0.2, 0.25) is 0 Å². The summed E-state index contributed by atoms with van der Waals surface area (Å²) in [7, 11) is 0. The fourth-order valence-corrected chi connectivity index (χ4v) is 1.88. The van der Waals surface area contributed by atoms with Gasteiger partial charge in [-0.05, 0) is 39.3 Å². The van der Waals surface area contributed by atoms with Gasteiger partial charge in [0.25, 0.3) is 5.91 Å². The molecule has 2 unspecified atom stereocenters. The van der Waals surface area contributed by atoms with Gasteiger partial charge in [0, 0.05) is 12.1 Å². The van der Waals surface area contributed by atoms with Crippen molar-refractivity contribution in [2.24, 2.45) is 0 Å². The van der Waals surface area contributed by atoms with Crippen LogP contribution in [0.1, 0.15) is 50.8 Å². The topological polar surface area (TPSA) is 58.6 Å². The first-order valence-electron chi connectivity index (χ1n) is 7.18. The number of carbonyl (C=O) groups is 1. The van der Waals surface area contributed by atoms with Gasteiger partial charge >= 0.3 is 0 Å². The van der Waals surface area contributed by atoms with E-state index >= 15 is 0 Å². The lowest BCUT2D eigenvalue weighted by Crippen LogP contribution is -2.37. The molecule has 0 bridgehead atoms. The van der Waals surface area contributed by atoms with Crippen molar-refractivity contribution in [3.63, 3.8) is 0 Å². The second kappa shape index (κ2) is 7.90. The zero-order valence-electron chi connectivity index (χ0n) is 12.8. The molecular weight excluding hydrogens is 254 g/mol. The maximum atomic E-state index is 11.9. The average molecular weight is 279 g/mol. The number of aliphatic hydroxyl groups excluding tert-OH is 1. The molecule has 1 aromatic carbocycles. The average Bonchev–Trinajstić information content (AvgIpc) is 2.40. The zero-order valence-corrected chi connectivity index (χ0v) is 12.8. The second-order valence-electron chi connectivity index (χ2n) is 5.12. The van der Waals surface area contributed by atoms with Crippen molar-refractivity contribution in [2.75, 3.05) is 6.54 Å². The van der Waals surface area contributed by atoms with E-state index in [2.05, 4.69) is 12.2 Å². The van der Waals surface area contributed by atoms with Gasteiger partial charge in [0.1, 0.15) is 5.75 Å². The second-order valence-corrected chi connectivity index (χ2v) is 5.12. The van der Waals surface area contributed by atoms with Crippen LogP contribution in [0.4, 0.5) is 0 Å². The van der Waals surface area contributed by atoms with E-state index < -0.39 is 12.2 Å². The third kappa shape index (κ3) is 4.85. The summed E-state index contributed by atoms with van der Waals surface area (Å²) in [6.45, 7) is 8.10. The number of amides is 1. The molecular formula is C16H25NO3. The molecule has 2 atom stereocenters. The standard InChI is InChI=1S/C16H25NO3/c1-5-6-9-17-16(19)13(4)20-15-8-7-11(2)10-14(15)12(3)18/h7-8,10,12-13,18H,5-6,9H2,1-4H3,(H,17,19). The highest BCUT2D eigenvalue weighted by molar-refractivity contribution is 5.80. The molecule has 0 fully saturated rings. The van der Waals surface area contributed by atoms with Crippen LogP contribution in [0, 0.1) is 6.92 Å². The van der Waals surface area contributed by atoms with Gasteiger partial charge in [-0.1, -0.05) is 25.0 Å². The number of nitrogens with one attached hydrogen (secondary N) is 1. The normalized spacial score (nSPS) is 13.7. The third-order valence-electron chi connectivity index (χ3n) is 3.12. The van der Waals surface area contributed by atoms with E-state index in [1.54, 1.807) is 19.9 Å². The monoisotopic (exact) mass is 279 g/mol. The lowest BCUT2D eigenvalue weighted by molar-refractivity contribution is -0.127. The molecule has 0 spiro atoms. The predicted octanol–water partition coefficient (Wildman–Crippen LogP) is 2.73. The van der Waals surface area contributed by atoms with Crippen molar-refractivity contribution < 1.29 is 14.6 Å². The number of carbonyl (C=O) groups excluding carboxylic acids is 1. The highest BCUT2D eigenvalue weighted by Crippen LogP contribution is 2.27. The Morgan fingerprint density at radius 1 is 1.40 bits per heavy atom. The highest BCUT2D eigenvalue weighted by Gasteiger charge is 2.17. The van der Waals surface area contributed by atoms with Gasteiger partial charge in [-0.3, -0.25) is 4.79 Å². The van der Waals surface area contributed by atoms with Crippen LogP contribution < -0.4 is 10.1 Å². The van der Waals surface area contributed by atoms with E-state index in [1.165, 1.54) is 0 Å². The van der Waals surface area contributed by atoms with Crippen LogP contribution in [0.15, 0.2) is 18.2 Å². The molecule has 0 saturated heterocycles. The maximum absolute atomic E-state index is 11.9. The van der Waals surface area contributed by atoms with E-state index in [0.29, 0.717) is 17.9 Å². The first-order chi connectivity index (χ1) is 9.45. The van der Waals surface area contributed by atoms with Gasteiger partial charge in [0.05, 0.1) is 6.10 Å². The Hall–Kier alpha value is -1.55. The minimum Gasteiger partial charge on any atom is -0.481 e. The quantitative estimate of drug-likeness (QED) is 0.755. The number of aryl methyl sites for hydroxylation is 1. The first kappa shape index (κ1) is 16.5. The molecule has 2 N–H and O–H groups in total. The van der Waals surface area contributed by atoms with Gasteiger partial charge in [-0.25, -0.2) is 0 Å². The van der Waals surface area contributed by atoms with Crippen molar-refractivity contribution in [3.8, 4) is 5.75 Å². The van der Waals surface area contributed by atoms with Crippen LogP contribution >= 0.6 is 0 Å². The molecule has 0 aliphatic rings. The molecule has 0 aliphatic carbocycles. The molecule has 0 saturated carbocycles. The Kier molecular flexibility index (Phi) is 6.52. The molecule has 20 heavy (non-hydrogen) atoms. The lowest BCUT2D eigenvalue weighted by Gasteiger charge is -2.18. The van der Waals surface area contributed by atoms with Crippen LogP contribution in [0.5, 0.6) is 5.75 Å². The summed E-state index contributed by atoms with van der Waals surface area (Å²) in [6, 6.07) is 5.58. The largest absolute Gasteiger partial charge is 0.481 e. The Morgan fingerprint density at radius 2 is 2.10 bits per heavy atom. The van der Waals surface area contributed by atoms with Crippen LogP contribution in [-0.2, 0) is 4.79 Å². The number of rotatable bonds is 7. The van der Waals surface area contributed by atoms with Gasteiger partial charge in [-0.2, -0.15) is 0 Å². The minimum atomic E-state index is -0.625. The first-order valence-corrected chi connectivity index (χ1v) is 7.18. The number of hydrogen-bond acceptors (Lipinski definition) is 3. The fourth-order valence-electron chi connectivity index (χ4n) is 1.88. The lowest BCUT2D eigenvalue weighted by atomic mass is 10.1. The van der Waals surface area contributed by atoms with Crippen molar-refractivity contribution in [2.45, 2.75) is 52.7 Å². The number of ether oxygens (including phenoxy) is 1. The zero-order chi connectivity index (χ0) is 15.1. The van der Waals surface area contributed by atoms with Crippen molar-refractivity contribution in [3.05, 3.63) is 29.3 Å². The fraction of sp³-hybridized carbons (Fsp3) is 0.562. The smallest absolute Gasteiger partial charge is 0.260 e. The Morgan fingerprint density at radius 3 is 2.70 bits per heavy atom. The molecule has 0 radical (unpaired) electrons. The summed E-state index contributed by atoms with van der Waals surface area (Å²) >= 11 is 0. The summed E-state index contributed by atoms with van der Waals surface area (Å²) in [4.78, 5) is 11.9. The molecule has 1 rings (SSSR count). The Balaban J connectivity index is 2.70. The summed E-state index contributed by atoms with van der Waals surface area (Å²) in [5.41, 5.74) is 1.76. The summed E-state index contributed by atoms with van der Waals surface area (Å²) < 4.78 is 5.68. The summed E-state index contributed by atoms with van der Waals surface area (Å²) in [5.74, 6) is 0.430. The van der Waals surface area contributed by atoms with Gasteiger partial charge in [0.2, 0.25) is 0 Å². The molecule has 4 heteroatoms. The van der Waals surface area contributed by atoms with Crippen molar-refractivity contribution in [1.82, 2.24) is 5.32 Å². The van der Waals surface area contributed by atoms with Gasteiger partial charge in [0.15, 0.2) is 6.10 Å². The van der Waals surface area contributed by atoms with Crippen LogP contribution in [0.25, 0.3) is 0 Å². The highest BCUT2D eigenvalue weighted by atomic mass is 16.5. The molecule has 1 aromatic rings. The number of unbranched alkanes of at least 4 members (excludes halogenated alkanes) is 1. The van der Waals surface area contributed by atoms with E-state index in [9.17, 15) is 9.90 Å². The Bertz CT molecular complexity index is 443.